The van der Waals surface area contributed by atoms with Gasteiger partial charge in [0.1, 0.15) is 5.00 Å². The monoisotopic (exact) mass is 201 g/mol. The highest BCUT2D eigenvalue weighted by Gasteiger charge is 2.08. The second-order valence-electron chi connectivity index (χ2n) is 3.11. The minimum Gasteiger partial charge on any atom is -0.345 e. The van der Waals surface area contributed by atoms with Gasteiger partial charge in [-0.25, -0.2) is 0 Å². The van der Waals surface area contributed by atoms with Gasteiger partial charge in [0.25, 0.3) is 0 Å². The fourth-order valence-corrected chi connectivity index (χ4v) is 2.25. The van der Waals surface area contributed by atoms with Crippen LogP contribution in [0.5, 0.6) is 0 Å². The molecule has 0 unspecified atom stereocenters. The van der Waals surface area contributed by atoms with Crippen LogP contribution in [0.1, 0.15) is 6.99 Å². The van der Waals surface area contributed by atoms with E-state index in [0.717, 1.165) is 16.9 Å². The number of fused-ring (bicyclic) bond motifs is 2. The standard InChI is InChI=1S/C11H8N2S/c1-2-4-10-9(3-1)12-7-8-5-6-14-11(8)13-10/h1-7,13H/p+1. The molecule has 0 radical (unpaired) electrons. The summed E-state index contributed by atoms with van der Waals surface area (Å²) in [7, 11) is 0. The van der Waals surface area contributed by atoms with Crippen LogP contribution in [-0.4, -0.2) is 6.21 Å². The molecule has 2 aromatic rings. The average molecular weight is 201 g/mol. The lowest BCUT2D eigenvalue weighted by atomic mass is 10.3. The van der Waals surface area contributed by atoms with E-state index in [1.54, 1.807) is 11.3 Å². The number of nitrogens with one attached hydrogen (secondary N) is 1. The highest BCUT2D eigenvalue weighted by Crippen LogP contribution is 2.34. The first-order chi connectivity index (χ1) is 6.93. The van der Waals surface area contributed by atoms with Crippen molar-refractivity contribution in [1.29, 1.82) is 0 Å². The summed E-state index contributed by atoms with van der Waals surface area (Å²) in [5.74, 6) is 0. The molecule has 1 aliphatic heterocycles. The molecule has 3 heteroatoms. The van der Waals surface area contributed by atoms with Gasteiger partial charge in [0.05, 0.1) is 11.4 Å². The Morgan fingerprint density at radius 1 is 1.21 bits per heavy atom. The first-order valence-electron chi connectivity index (χ1n) is 4.41. The molecule has 68 valence electrons. The summed E-state index contributed by atoms with van der Waals surface area (Å²) in [4.78, 5) is 4.42. The molecule has 0 aliphatic carbocycles. The molecular formula is C11H9N2S+. The summed E-state index contributed by atoms with van der Waals surface area (Å²) in [6.07, 6.45) is 1.91. The van der Waals surface area contributed by atoms with Crippen molar-refractivity contribution >= 4 is 33.9 Å². The van der Waals surface area contributed by atoms with E-state index in [4.69, 9.17) is 0 Å². The number of aliphatic imine (C=N–C) groups is 1. The van der Waals surface area contributed by atoms with Crippen molar-refractivity contribution in [3.8, 4) is 0 Å². The minimum absolute atomic E-state index is 0. The summed E-state index contributed by atoms with van der Waals surface area (Å²) in [5.41, 5.74) is 3.23. The molecular weight excluding hydrogens is 192 g/mol. The summed E-state index contributed by atoms with van der Waals surface area (Å²) in [5, 5.41) is 6.61. The number of benzene rings is 1. The molecule has 0 bridgehead atoms. The van der Waals surface area contributed by atoms with Crippen molar-refractivity contribution in [1.82, 2.24) is 0 Å². The van der Waals surface area contributed by atoms with E-state index in [2.05, 4.69) is 21.8 Å². The summed E-state index contributed by atoms with van der Waals surface area (Å²) >= 11 is 1.70. The van der Waals surface area contributed by atoms with Crippen LogP contribution in [-0.2, 0) is 0 Å². The molecule has 14 heavy (non-hydrogen) atoms. The molecule has 0 fully saturated rings. The fraction of sp³-hybridized carbons (Fsp3) is 0. The van der Waals surface area contributed by atoms with Crippen molar-refractivity contribution in [3.63, 3.8) is 0 Å². The van der Waals surface area contributed by atoms with Gasteiger partial charge in [0, 0.05) is 11.8 Å². The maximum absolute atomic E-state index is 4.42. The first kappa shape index (κ1) is 7.76. The first-order valence-corrected chi connectivity index (χ1v) is 5.29. The lowest BCUT2D eigenvalue weighted by Crippen LogP contribution is -1.87. The van der Waals surface area contributed by atoms with Gasteiger partial charge in [-0.1, -0.05) is 12.1 Å². The van der Waals surface area contributed by atoms with Gasteiger partial charge in [-0.2, -0.15) is 0 Å². The Morgan fingerprint density at radius 3 is 3.14 bits per heavy atom. The number of hydrogen-bond donors (Lipinski definition) is 1. The molecule has 0 saturated heterocycles. The number of hydrogen-bond acceptors (Lipinski definition) is 3. The Hall–Kier alpha value is -1.61. The Kier molecular flexibility index (Phi) is 1.64. The van der Waals surface area contributed by atoms with E-state index in [1.165, 1.54) is 5.00 Å². The smallest absolute Gasteiger partial charge is 0.345 e. The SMILES string of the molecule is C1=Nc2ccccc2Nc2sccc21.[H+]. The van der Waals surface area contributed by atoms with Crippen molar-refractivity contribution in [2.75, 3.05) is 5.32 Å². The molecule has 2 heterocycles. The van der Waals surface area contributed by atoms with Crippen LogP contribution >= 0.6 is 11.3 Å². The zero-order valence-corrected chi connectivity index (χ0v) is 8.21. The molecule has 0 atom stereocenters. The molecule has 1 aromatic carbocycles. The van der Waals surface area contributed by atoms with E-state index in [1.807, 2.05) is 30.5 Å². The Labute approximate surface area is 87.4 Å². The van der Waals surface area contributed by atoms with Crippen LogP contribution in [0.2, 0.25) is 0 Å². The third-order valence-electron chi connectivity index (χ3n) is 2.19. The van der Waals surface area contributed by atoms with Gasteiger partial charge < -0.3 is 5.32 Å². The summed E-state index contributed by atoms with van der Waals surface area (Å²) < 4.78 is 0. The molecule has 0 saturated carbocycles. The Bertz CT molecular complexity index is 505. The van der Waals surface area contributed by atoms with Crippen molar-refractivity contribution in [2.24, 2.45) is 4.99 Å². The molecule has 1 aromatic heterocycles. The van der Waals surface area contributed by atoms with E-state index >= 15 is 0 Å². The van der Waals surface area contributed by atoms with Gasteiger partial charge >= 0.3 is 1.43 Å². The predicted octanol–water partition coefficient (Wildman–Crippen LogP) is 3.67. The second kappa shape index (κ2) is 2.96. The number of rotatable bonds is 0. The minimum atomic E-state index is 0. The van der Waals surface area contributed by atoms with Crippen LogP contribution in [0.25, 0.3) is 0 Å². The van der Waals surface area contributed by atoms with Crippen LogP contribution in [0.15, 0.2) is 40.7 Å². The quantitative estimate of drug-likeness (QED) is 0.589. The topological polar surface area (TPSA) is 24.4 Å². The van der Waals surface area contributed by atoms with E-state index < -0.39 is 0 Å². The van der Waals surface area contributed by atoms with Crippen molar-refractivity contribution in [2.45, 2.75) is 0 Å². The Morgan fingerprint density at radius 2 is 2.14 bits per heavy atom. The number of thiophene rings is 1. The maximum atomic E-state index is 4.42. The van der Waals surface area contributed by atoms with Gasteiger partial charge in [-0.05, 0) is 23.6 Å². The van der Waals surface area contributed by atoms with Crippen LogP contribution in [0.4, 0.5) is 16.4 Å². The molecule has 3 rings (SSSR count). The average Bonchev–Trinajstić information content (AvgIpc) is 2.58. The van der Waals surface area contributed by atoms with Gasteiger partial charge in [0.15, 0.2) is 0 Å². The molecule has 1 N–H and O–H groups in total. The van der Waals surface area contributed by atoms with Crippen molar-refractivity contribution < 1.29 is 1.43 Å². The zero-order chi connectivity index (χ0) is 9.38. The zero-order valence-electron chi connectivity index (χ0n) is 8.40. The summed E-state index contributed by atoms with van der Waals surface area (Å²) in [6.45, 7) is 0. The summed E-state index contributed by atoms with van der Waals surface area (Å²) in [6, 6.07) is 10.1. The molecule has 1 aliphatic rings. The molecule has 0 spiro atoms. The highest BCUT2D eigenvalue weighted by atomic mass is 32.1. The van der Waals surface area contributed by atoms with E-state index in [-0.39, 0.29) is 1.43 Å². The Balaban J connectivity index is 0.000000853. The van der Waals surface area contributed by atoms with Gasteiger partial charge in [0.2, 0.25) is 0 Å². The largest absolute Gasteiger partial charge is 1.00 e. The van der Waals surface area contributed by atoms with Gasteiger partial charge in [-0.3, -0.25) is 4.99 Å². The van der Waals surface area contributed by atoms with Crippen LogP contribution in [0, 0.1) is 0 Å². The fourth-order valence-electron chi connectivity index (χ4n) is 1.48. The van der Waals surface area contributed by atoms with Crippen molar-refractivity contribution in [3.05, 3.63) is 41.3 Å². The predicted molar refractivity (Wildman–Crippen MR) is 62.4 cm³/mol. The number of nitrogens with zero attached hydrogens (tertiary/aromatic N) is 1. The van der Waals surface area contributed by atoms with Crippen LogP contribution in [0.3, 0.4) is 0 Å². The lowest BCUT2D eigenvalue weighted by molar-refractivity contribution is 1.53. The maximum Gasteiger partial charge on any atom is 1.00 e. The van der Waals surface area contributed by atoms with Gasteiger partial charge in [-0.15, -0.1) is 11.3 Å². The lowest BCUT2D eigenvalue weighted by Gasteiger charge is -2.04. The number of para-hydroxylation sites is 2. The molecule has 0 amide bonds. The highest BCUT2D eigenvalue weighted by molar-refractivity contribution is 7.14. The van der Waals surface area contributed by atoms with E-state index in [0.29, 0.717) is 0 Å². The number of anilines is 2. The normalized spacial score (nSPS) is 12.6. The van der Waals surface area contributed by atoms with E-state index in [9.17, 15) is 0 Å². The molecule has 2 nitrogen and oxygen atoms in total. The second-order valence-corrected chi connectivity index (χ2v) is 4.02. The third kappa shape index (κ3) is 1.14. The third-order valence-corrected chi connectivity index (χ3v) is 3.04. The van der Waals surface area contributed by atoms with Crippen LogP contribution < -0.4 is 5.32 Å².